The van der Waals surface area contributed by atoms with Crippen molar-refractivity contribution < 1.29 is 50.1 Å². The van der Waals surface area contributed by atoms with Crippen LogP contribution in [0.1, 0.15) is 5.56 Å². The van der Waals surface area contributed by atoms with Gasteiger partial charge in [0.05, 0.1) is 0 Å². The Morgan fingerprint density at radius 1 is 1.07 bits per heavy atom. The molecule has 0 unspecified atom stereocenters. The van der Waals surface area contributed by atoms with Gasteiger partial charge in [0.15, 0.2) is 6.10 Å². The summed E-state index contributed by atoms with van der Waals surface area (Å²) >= 11 is 0. The number of fused-ring (bicyclic) bond motifs is 1. The smallest absolute Gasteiger partial charge is 0.336 e. The van der Waals surface area contributed by atoms with Crippen LogP contribution in [-0.2, 0) is 9.53 Å². The third-order valence-corrected chi connectivity index (χ3v) is 3.99. The molecule has 11 nitrogen and oxygen atoms in total. The lowest BCUT2D eigenvalue weighted by molar-refractivity contribution is -0.271. The number of hydrogen-bond acceptors (Lipinski definition) is 8. The average molecular weight is 388 g/mol. The number of hydrogen-bond donors (Lipinski definition) is 4. The Labute approximate surface area is 151 Å². The highest BCUT2D eigenvalue weighted by molar-refractivity contribution is 5.81. The van der Waals surface area contributed by atoms with Crippen LogP contribution in [0.5, 0.6) is 5.75 Å². The highest BCUT2D eigenvalue weighted by Crippen LogP contribution is 2.27. The van der Waals surface area contributed by atoms with E-state index in [9.17, 15) is 24.9 Å². The molecular weight excluding hydrogens is 368 g/mol. The molecule has 1 aliphatic rings. The molecule has 27 heavy (non-hydrogen) atoms. The van der Waals surface area contributed by atoms with Gasteiger partial charge in [-0.1, -0.05) is 0 Å². The van der Waals surface area contributed by atoms with E-state index in [-0.39, 0.29) is 22.3 Å². The number of aliphatic carboxylic acids is 1. The first-order chi connectivity index (χ1) is 11.8. The highest BCUT2D eigenvalue weighted by Gasteiger charge is 2.48. The van der Waals surface area contributed by atoms with E-state index in [1.54, 1.807) is 13.0 Å². The van der Waals surface area contributed by atoms with Gasteiger partial charge in [-0.05, 0) is 24.6 Å². The van der Waals surface area contributed by atoms with Crippen molar-refractivity contribution in [3.8, 4) is 5.75 Å². The minimum absolute atomic E-state index is 0. The van der Waals surface area contributed by atoms with E-state index in [2.05, 4.69) is 0 Å². The van der Waals surface area contributed by atoms with Crippen LogP contribution in [0.2, 0.25) is 0 Å². The highest BCUT2D eigenvalue weighted by atomic mass is 16.7. The molecule has 3 rings (SSSR count). The van der Waals surface area contributed by atoms with Gasteiger partial charge in [-0.25, -0.2) is 9.59 Å². The summed E-state index contributed by atoms with van der Waals surface area (Å²) in [5.41, 5.74) is 0.403. The summed E-state index contributed by atoms with van der Waals surface area (Å²) in [6.07, 6.45) is -8.53. The van der Waals surface area contributed by atoms with Crippen LogP contribution in [0, 0.1) is 6.92 Å². The van der Waals surface area contributed by atoms with Crippen molar-refractivity contribution in [2.24, 2.45) is 0 Å². The van der Waals surface area contributed by atoms with Gasteiger partial charge < -0.3 is 45.3 Å². The van der Waals surface area contributed by atoms with Crippen LogP contribution in [0.4, 0.5) is 0 Å². The largest absolute Gasteiger partial charge is 0.479 e. The van der Waals surface area contributed by atoms with Gasteiger partial charge in [0.2, 0.25) is 6.29 Å². The number of aliphatic hydroxyl groups is 3. The number of carboxylic acids is 1. The van der Waals surface area contributed by atoms with Crippen molar-refractivity contribution >= 4 is 16.9 Å². The minimum Gasteiger partial charge on any atom is -0.479 e. The van der Waals surface area contributed by atoms with Gasteiger partial charge >= 0.3 is 11.6 Å². The van der Waals surface area contributed by atoms with E-state index in [0.29, 0.717) is 10.9 Å². The first-order valence-corrected chi connectivity index (χ1v) is 7.41. The predicted octanol–water partition coefficient (Wildman–Crippen LogP) is -2.28. The summed E-state index contributed by atoms with van der Waals surface area (Å²) in [5, 5.41) is 39.1. The molecule has 1 aromatic carbocycles. The molecule has 2 heterocycles. The van der Waals surface area contributed by atoms with E-state index in [0.717, 1.165) is 0 Å². The summed E-state index contributed by atoms with van der Waals surface area (Å²) in [7, 11) is 0. The summed E-state index contributed by atoms with van der Waals surface area (Å²) in [5.74, 6) is -1.38. The lowest BCUT2D eigenvalue weighted by atomic mass is 9.99. The number of carbonyl (C=O) groups is 1. The molecule has 1 aromatic heterocycles. The first-order valence-electron chi connectivity index (χ1n) is 7.41. The molecule has 0 spiro atoms. The number of aryl methyl sites for hydroxylation is 1. The maximum absolute atomic E-state index is 11.5. The lowest BCUT2D eigenvalue weighted by Gasteiger charge is -2.38. The second-order valence-electron chi connectivity index (χ2n) is 5.76. The molecule has 1 aliphatic heterocycles. The fraction of sp³-hybridized carbons (Fsp3) is 0.375. The number of ether oxygens (including phenoxy) is 2. The molecule has 150 valence electrons. The van der Waals surface area contributed by atoms with Crippen molar-refractivity contribution in [3.63, 3.8) is 0 Å². The third-order valence-electron chi connectivity index (χ3n) is 3.99. The topological polar surface area (TPSA) is 210 Å². The first kappa shape index (κ1) is 22.5. The van der Waals surface area contributed by atoms with E-state index >= 15 is 0 Å². The molecule has 8 N–H and O–H groups in total. The van der Waals surface area contributed by atoms with Crippen molar-refractivity contribution in [3.05, 3.63) is 40.2 Å². The maximum atomic E-state index is 11.5. The van der Waals surface area contributed by atoms with Crippen molar-refractivity contribution in [2.75, 3.05) is 0 Å². The molecule has 1 saturated heterocycles. The van der Waals surface area contributed by atoms with Crippen LogP contribution in [-0.4, -0.2) is 68.1 Å². The van der Waals surface area contributed by atoms with Crippen LogP contribution >= 0.6 is 0 Å². The molecule has 5 atom stereocenters. The summed E-state index contributed by atoms with van der Waals surface area (Å²) < 4.78 is 15.5. The molecule has 2 aromatic rings. The van der Waals surface area contributed by atoms with Crippen LogP contribution in [0.3, 0.4) is 0 Å². The van der Waals surface area contributed by atoms with Gasteiger partial charge in [-0.3, -0.25) is 0 Å². The average Bonchev–Trinajstić information content (AvgIpc) is 2.54. The summed E-state index contributed by atoms with van der Waals surface area (Å²) in [4.78, 5) is 22.5. The molecule has 0 saturated carbocycles. The van der Waals surface area contributed by atoms with Gasteiger partial charge in [0.1, 0.15) is 29.6 Å². The van der Waals surface area contributed by atoms with E-state index in [1.165, 1.54) is 18.2 Å². The number of aliphatic hydroxyl groups excluding tert-OH is 3. The minimum atomic E-state index is -1.80. The number of benzene rings is 1. The zero-order chi connectivity index (χ0) is 18.3. The van der Waals surface area contributed by atoms with Gasteiger partial charge in [0.25, 0.3) is 0 Å². The monoisotopic (exact) mass is 388 g/mol. The molecular formula is C16H20O11. The Hall–Kier alpha value is -2.54. The summed E-state index contributed by atoms with van der Waals surface area (Å²) in [6.45, 7) is 1.74. The molecule has 1 fully saturated rings. The third kappa shape index (κ3) is 4.24. The molecule has 0 radical (unpaired) electrons. The Kier molecular flexibility index (Phi) is 7.03. The second kappa shape index (κ2) is 8.43. The standard InChI is InChI=1S/C16H16O9.2H2O/c1-6-4-10(17)24-9-5-7(2-3-8(6)9)23-16-13(20)11(18)12(19)14(25-16)15(21)22;;/h2-5,11-14,16,18-20H,1H3,(H,21,22);2*1H2/t11-,12-,13+,14-,16+;;/m0../s1. The summed E-state index contributed by atoms with van der Waals surface area (Å²) in [6, 6.07) is 5.86. The fourth-order valence-corrected chi connectivity index (χ4v) is 2.66. The Morgan fingerprint density at radius 3 is 2.37 bits per heavy atom. The van der Waals surface area contributed by atoms with E-state index < -0.39 is 42.3 Å². The zero-order valence-electron chi connectivity index (χ0n) is 14.0. The molecule has 0 bridgehead atoms. The number of carboxylic acid groups (broad SMARTS) is 1. The fourth-order valence-electron chi connectivity index (χ4n) is 2.66. The van der Waals surface area contributed by atoms with Crippen molar-refractivity contribution in [1.82, 2.24) is 0 Å². The van der Waals surface area contributed by atoms with E-state index in [1.807, 2.05) is 0 Å². The van der Waals surface area contributed by atoms with Gasteiger partial charge in [-0.2, -0.15) is 0 Å². The van der Waals surface area contributed by atoms with Crippen LogP contribution in [0.15, 0.2) is 33.5 Å². The normalized spacial score (nSPS) is 27.3. The Bertz CT molecular complexity index is 861. The predicted molar refractivity (Wildman–Crippen MR) is 89.4 cm³/mol. The van der Waals surface area contributed by atoms with Gasteiger partial charge in [0, 0.05) is 17.5 Å². The van der Waals surface area contributed by atoms with Crippen LogP contribution < -0.4 is 10.4 Å². The molecule has 11 heteroatoms. The zero-order valence-corrected chi connectivity index (χ0v) is 14.0. The quantitative estimate of drug-likeness (QED) is 0.417. The van der Waals surface area contributed by atoms with Crippen molar-refractivity contribution in [2.45, 2.75) is 37.6 Å². The van der Waals surface area contributed by atoms with E-state index in [4.69, 9.17) is 19.0 Å². The molecule has 0 amide bonds. The molecule has 0 aliphatic carbocycles. The van der Waals surface area contributed by atoms with Crippen molar-refractivity contribution in [1.29, 1.82) is 0 Å². The Balaban J connectivity index is 0.00000182. The SMILES string of the molecule is Cc1cc(=O)oc2cc(O[C@@H]3O[C@H](C(=O)O)[C@@H](O)[C@H](O)[C@H]3O)ccc12.O.O. The Morgan fingerprint density at radius 2 is 1.74 bits per heavy atom. The maximum Gasteiger partial charge on any atom is 0.336 e. The van der Waals surface area contributed by atoms with Gasteiger partial charge in [-0.15, -0.1) is 0 Å². The lowest BCUT2D eigenvalue weighted by Crippen LogP contribution is -2.61. The second-order valence-corrected chi connectivity index (χ2v) is 5.76. The number of rotatable bonds is 3. The van der Waals surface area contributed by atoms with Crippen LogP contribution in [0.25, 0.3) is 11.0 Å².